The van der Waals surface area contributed by atoms with Gasteiger partial charge in [0.25, 0.3) is 0 Å². The second-order valence-electron chi connectivity index (χ2n) is 4.57. The van der Waals surface area contributed by atoms with Crippen molar-refractivity contribution in [1.82, 2.24) is 0 Å². The monoisotopic (exact) mass is 321 g/mol. The largest absolute Gasteiger partial charge is 0.324 e. The summed E-state index contributed by atoms with van der Waals surface area (Å²) in [5, 5.41) is 3.47. The van der Waals surface area contributed by atoms with Crippen LogP contribution >= 0.6 is 23.2 Å². The lowest BCUT2D eigenvalue weighted by atomic mass is 10.0. The van der Waals surface area contributed by atoms with Crippen LogP contribution in [0.2, 0.25) is 10.0 Å². The third-order valence-electron chi connectivity index (χ3n) is 3.02. The Balaban J connectivity index is 2.11. The van der Waals surface area contributed by atoms with Gasteiger partial charge in [-0.05, 0) is 31.0 Å². The van der Waals surface area contributed by atoms with Crippen molar-refractivity contribution in [3.63, 3.8) is 0 Å². The van der Waals surface area contributed by atoms with Gasteiger partial charge in [-0.25, -0.2) is 8.42 Å². The van der Waals surface area contributed by atoms with E-state index < -0.39 is 15.8 Å². The molecule has 1 saturated heterocycles. The third kappa shape index (κ3) is 3.84. The molecule has 1 aromatic rings. The maximum atomic E-state index is 12.0. The highest BCUT2D eigenvalue weighted by atomic mass is 35.5. The van der Waals surface area contributed by atoms with Crippen molar-refractivity contribution in [2.75, 3.05) is 16.8 Å². The highest BCUT2D eigenvalue weighted by Crippen LogP contribution is 2.27. The molecule has 1 fully saturated rings. The lowest BCUT2D eigenvalue weighted by Crippen LogP contribution is -2.34. The van der Waals surface area contributed by atoms with Gasteiger partial charge in [0, 0.05) is 5.02 Å². The van der Waals surface area contributed by atoms with Gasteiger partial charge in [0.2, 0.25) is 5.91 Å². The first-order valence-electron chi connectivity index (χ1n) is 5.84. The summed E-state index contributed by atoms with van der Waals surface area (Å²) in [6, 6.07) is 4.74. The number of halogens is 2. The van der Waals surface area contributed by atoms with Crippen LogP contribution in [0.4, 0.5) is 5.69 Å². The van der Waals surface area contributed by atoms with E-state index in [2.05, 4.69) is 5.32 Å². The number of benzene rings is 1. The Morgan fingerprint density at radius 2 is 2.05 bits per heavy atom. The Hall–Kier alpha value is -0.780. The molecule has 1 unspecified atom stereocenters. The molecule has 1 amide bonds. The molecular weight excluding hydrogens is 309 g/mol. The standard InChI is InChI=1S/C12H13Cl2NO3S/c13-9-3-4-10(14)11(6-9)15-12(16)8-2-1-5-19(17,18)7-8/h3-4,6,8H,1-2,5,7H2,(H,15,16). The van der Waals surface area contributed by atoms with Crippen molar-refractivity contribution >= 4 is 44.6 Å². The number of anilines is 1. The van der Waals surface area contributed by atoms with Crippen LogP contribution in [0.15, 0.2) is 18.2 Å². The molecule has 1 aliphatic heterocycles. The average Bonchev–Trinajstić information content (AvgIpc) is 2.32. The number of amides is 1. The molecule has 1 aromatic carbocycles. The Morgan fingerprint density at radius 1 is 1.32 bits per heavy atom. The number of hydrogen-bond acceptors (Lipinski definition) is 3. The highest BCUT2D eigenvalue weighted by Gasteiger charge is 2.30. The second-order valence-corrected chi connectivity index (χ2v) is 7.64. The van der Waals surface area contributed by atoms with Crippen LogP contribution in [-0.2, 0) is 14.6 Å². The summed E-state index contributed by atoms with van der Waals surface area (Å²) in [6.07, 6.45) is 1.09. The molecule has 19 heavy (non-hydrogen) atoms. The summed E-state index contributed by atoms with van der Waals surface area (Å²) in [5.74, 6) is -0.785. The first-order chi connectivity index (χ1) is 8.87. The average molecular weight is 322 g/mol. The van der Waals surface area contributed by atoms with Crippen LogP contribution in [0.5, 0.6) is 0 Å². The third-order valence-corrected chi connectivity index (χ3v) is 5.41. The van der Waals surface area contributed by atoms with Gasteiger partial charge in [0.05, 0.1) is 28.1 Å². The van der Waals surface area contributed by atoms with E-state index in [1.807, 2.05) is 0 Å². The van der Waals surface area contributed by atoms with Crippen LogP contribution in [0.3, 0.4) is 0 Å². The van der Waals surface area contributed by atoms with E-state index >= 15 is 0 Å². The minimum atomic E-state index is -3.11. The lowest BCUT2D eigenvalue weighted by Gasteiger charge is -2.21. The Kier molecular flexibility index (Phi) is 4.38. The highest BCUT2D eigenvalue weighted by molar-refractivity contribution is 7.91. The molecule has 0 radical (unpaired) electrons. The minimum Gasteiger partial charge on any atom is -0.324 e. The first kappa shape index (κ1) is 14.6. The molecule has 0 saturated carbocycles. The number of sulfone groups is 1. The minimum absolute atomic E-state index is 0.100. The number of nitrogens with one attached hydrogen (secondary N) is 1. The molecule has 4 nitrogen and oxygen atoms in total. The van der Waals surface area contributed by atoms with Gasteiger partial charge in [-0.15, -0.1) is 0 Å². The van der Waals surface area contributed by atoms with Crippen molar-refractivity contribution in [2.24, 2.45) is 5.92 Å². The lowest BCUT2D eigenvalue weighted by molar-refractivity contribution is -0.119. The van der Waals surface area contributed by atoms with Crippen LogP contribution < -0.4 is 5.32 Å². The fraction of sp³-hybridized carbons (Fsp3) is 0.417. The van der Waals surface area contributed by atoms with Crippen molar-refractivity contribution in [2.45, 2.75) is 12.8 Å². The van der Waals surface area contributed by atoms with Crippen molar-refractivity contribution in [3.05, 3.63) is 28.2 Å². The molecule has 0 spiro atoms. The zero-order chi connectivity index (χ0) is 14.0. The molecule has 1 atom stereocenters. The molecule has 1 aliphatic rings. The fourth-order valence-electron chi connectivity index (χ4n) is 2.06. The van der Waals surface area contributed by atoms with Crippen molar-refractivity contribution < 1.29 is 13.2 Å². The molecule has 1 heterocycles. The molecule has 0 aromatic heterocycles. The maximum absolute atomic E-state index is 12.0. The quantitative estimate of drug-likeness (QED) is 0.911. The Bertz CT molecular complexity index is 601. The first-order valence-corrected chi connectivity index (χ1v) is 8.41. The normalized spacial score (nSPS) is 21.9. The second kappa shape index (κ2) is 5.69. The molecule has 1 N–H and O–H groups in total. The van der Waals surface area contributed by atoms with Gasteiger partial charge < -0.3 is 5.32 Å². The number of carbonyl (C=O) groups is 1. The van der Waals surface area contributed by atoms with Gasteiger partial charge in [0.15, 0.2) is 9.84 Å². The topological polar surface area (TPSA) is 63.2 Å². The van der Waals surface area contributed by atoms with E-state index in [0.29, 0.717) is 28.6 Å². The fourth-order valence-corrected chi connectivity index (χ4v) is 4.10. The summed E-state index contributed by atoms with van der Waals surface area (Å²) in [4.78, 5) is 12.0. The SMILES string of the molecule is O=C(Nc1cc(Cl)ccc1Cl)C1CCCS(=O)(=O)C1. The van der Waals surface area contributed by atoms with Gasteiger partial charge in [-0.2, -0.15) is 0 Å². The summed E-state index contributed by atoms with van der Waals surface area (Å²) in [6.45, 7) is 0. The van der Waals surface area contributed by atoms with Crippen LogP contribution in [0.1, 0.15) is 12.8 Å². The number of rotatable bonds is 2. The van der Waals surface area contributed by atoms with Crippen molar-refractivity contribution in [1.29, 1.82) is 0 Å². The molecule has 0 bridgehead atoms. The Morgan fingerprint density at radius 3 is 2.74 bits per heavy atom. The zero-order valence-corrected chi connectivity index (χ0v) is 12.4. The smallest absolute Gasteiger partial charge is 0.228 e. The molecular formula is C12H13Cl2NO3S. The zero-order valence-electron chi connectivity index (χ0n) is 10.0. The van der Waals surface area contributed by atoms with Crippen LogP contribution in [0, 0.1) is 5.92 Å². The molecule has 2 rings (SSSR count). The Labute approximate surface area is 122 Å². The van der Waals surface area contributed by atoms with E-state index in [9.17, 15) is 13.2 Å². The predicted molar refractivity (Wildman–Crippen MR) is 76.5 cm³/mol. The maximum Gasteiger partial charge on any atom is 0.228 e. The molecule has 0 aliphatic carbocycles. The van der Waals surface area contributed by atoms with E-state index in [4.69, 9.17) is 23.2 Å². The van der Waals surface area contributed by atoms with Crippen LogP contribution in [-0.4, -0.2) is 25.8 Å². The van der Waals surface area contributed by atoms with Gasteiger partial charge >= 0.3 is 0 Å². The summed E-state index contributed by atoms with van der Waals surface area (Å²) >= 11 is 11.8. The van der Waals surface area contributed by atoms with Gasteiger partial charge in [-0.1, -0.05) is 23.2 Å². The summed E-state index contributed by atoms with van der Waals surface area (Å²) < 4.78 is 23.0. The van der Waals surface area contributed by atoms with E-state index in [0.717, 1.165) is 0 Å². The molecule has 7 heteroatoms. The van der Waals surface area contributed by atoms with E-state index in [1.165, 1.54) is 0 Å². The van der Waals surface area contributed by atoms with Crippen molar-refractivity contribution in [3.8, 4) is 0 Å². The number of hydrogen-bond donors (Lipinski definition) is 1. The summed E-state index contributed by atoms with van der Waals surface area (Å²) in [5.41, 5.74) is 0.405. The summed E-state index contributed by atoms with van der Waals surface area (Å²) in [7, 11) is -3.11. The number of carbonyl (C=O) groups excluding carboxylic acids is 1. The van der Waals surface area contributed by atoms with Gasteiger partial charge in [0.1, 0.15) is 0 Å². The van der Waals surface area contributed by atoms with E-state index in [1.54, 1.807) is 18.2 Å². The predicted octanol–water partition coefficient (Wildman–Crippen LogP) is 2.76. The van der Waals surface area contributed by atoms with Crippen LogP contribution in [0.25, 0.3) is 0 Å². The van der Waals surface area contributed by atoms with E-state index in [-0.39, 0.29) is 17.4 Å². The van der Waals surface area contributed by atoms with Gasteiger partial charge in [-0.3, -0.25) is 4.79 Å². The molecule has 104 valence electrons.